The zero-order valence-electron chi connectivity index (χ0n) is 6.80. The summed E-state index contributed by atoms with van der Waals surface area (Å²) in [5.74, 6) is 0.172. The number of nitrogens with two attached hydrogens (primary N) is 1. The maximum absolute atomic E-state index is 12.8. The summed E-state index contributed by atoms with van der Waals surface area (Å²) in [6, 6.07) is 4.60. The molecule has 2 nitrogen and oxygen atoms in total. The van der Waals surface area contributed by atoms with Gasteiger partial charge in [-0.25, -0.2) is 4.39 Å². The smallest absolute Gasteiger partial charge is 0.141 e. The summed E-state index contributed by atoms with van der Waals surface area (Å²) in [4.78, 5) is 0. The first-order valence-corrected chi connectivity index (χ1v) is 4.31. The van der Waals surface area contributed by atoms with Crippen molar-refractivity contribution in [1.29, 1.82) is 0 Å². The minimum absolute atomic E-state index is 0. The van der Waals surface area contributed by atoms with E-state index in [0.29, 0.717) is 23.4 Å². The molecule has 0 saturated heterocycles. The zero-order valence-corrected chi connectivity index (χ0v) is 9.20. The lowest BCUT2D eigenvalue weighted by Crippen LogP contribution is -2.10. The Hall–Kier alpha value is -0.320. The summed E-state index contributed by atoms with van der Waals surface area (Å²) in [6.07, 6.45) is 0. The van der Waals surface area contributed by atoms with Crippen LogP contribution in [0.25, 0.3) is 0 Å². The van der Waals surface area contributed by atoms with Crippen molar-refractivity contribution in [3.63, 3.8) is 0 Å². The van der Waals surface area contributed by atoms with Gasteiger partial charge in [0, 0.05) is 12.6 Å². The fourth-order valence-corrected chi connectivity index (χ4v) is 0.990. The highest BCUT2D eigenvalue weighted by molar-refractivity contribution is 9.10. The van der Waals surface area contributed by atoms with Crippen molar-refractivity contribution < 1.29 is 9.13 Å². The number of hydrogen-bond donors (Lipinski definition) is 1. The van der Waals surface area contributed by atoms with Crippen LogP contribution in [0.15, 0.2) is 22.7 Å². The van der Waals surface area contributed by atoms with Crippen molar-refractivity contribution in [3.05, 3.63) is 28.5 Å². The molecule has 0 bridgehead atoms. The molecule has 0 aliphatic rings. The van der Waals surface area contributed by atoms with Crippen LogP contribution >= 0.6 is 28.3 Å². The molecule has 1 rings (SSSR count). The maximum Gasteiger partial charge on any atom is 0.141 e. The Morgan fingerprint density at radius 3 is 2.69 bits per heavy atom. The highest BCUT2D eigenvalue weighted by Crippen LogP contribution is 2.20. The van der Waals surface area contributed by atoms with E-state index in [1.54, 1.807) is 12.1 Å². The van der Waals surface area contributed by atoms with Crippen LogP contribution < -0.4 is 10.5 Å². The second kappa shape index (κ2) is 6.18. The molecule has 13 heavy (non-hydrogen) atoms. The molecule has 0 atom stereocenters. The van der Waals surface area contributed by atoms with E-state index in [9.17, 15) is 4.39 Å². The first-order chi connectivity index (χ1) is 5.74. The molecular weight excluding hydrogens is 260 g/mol. The average Bonchev–Trinajstić information content (AvgIpc) is 2.07. The Bertz CT molecular complexity index is 272. The third kappa shape index (κ3) is 3.93. The van der Waals surface area contributed by atoms with E-state index in [2.05, 4.69) is 15.9 Å². The van der Waals surface area contributed by atoms with Crippen LogP contribution in [0.4, 0.5) is 4.39 Å². The van der Waals surface area contributed by atoms with Crippen molar-refractivity contribution in [2.75, 3.05) is 13.2 Å². The molecule has 1 aromatic rings. The number of rotatable bonds is 3. The minimum Gasteiger partial charge on any atom is -0.492 e. The number of halogens is 3. The summed E-state index contributed by atoms with van der Waals surface area (Å²) in [5.41, 5.74) is 5.22. The molecular formula is C8H10BrClFNO. The number of benzene rings is 1. The molecule has 74 valence electrons. The molecule has 0 aliphatic heterocycles. The molecule has 0 heterocycles. The molecule has 0 aromatic heterocycles. The Morgan fingerprint density at radius 1 is 1.46 bits per heavy atom. The second-order valence-electron chi connectivity index (χ2n) is 2.21. The van der Waals surface area contributed by atoms with Gasteiger partial charge in [-0.2, -0.15) is 0 Å². The fourth-order valence-electron chi connectivity index (χ4n) is 0.743. The molecule has 0 radical (unpaired) electrons. The van der Waals surface area contributed by atoms with E-state index >= 15 is 0 Å². The molecule has 0 aliphatic carbocycles. The van der Waals surface area contributed by atoms with Gasteiger partial charge in [-0.3, -0.25) is 0 Å². The molecule has 0 unspecified atom stereocenters. The Morgan fingerprint density at radius 2 is 2.15 bits per heavy atom. The number of hydrogen-bond acceptors (Lipinski definition) is 2. The van der Waals surface area contributed by atoms with Crippen LogP contribution in [0.1, 0.15) is 0 Å². The van der Waals surface area contributed by atoms with Crippen molar-refractivity contribution in [3.8, 4) is 5.75 Å². The summed E-state index contributed by atoms with van der Waals surface area (Å²) in [5, 5.41) is 0. The van der Waals surface area contributed by atoms with E-state index in [1.807, 2.05) is 0 Å². The van der Waals surface area contributed by atoms with Crippen LogP contribution in [0.2, 0.25) is 0 Å². The predicted molar refractivity (Wildman–Crippen MR) is 55.9 cm³/mol. The first-order valence-electron chi connectivity index (χ1n) is 3.52. The molecule has 2 N–H and O–H groups in total. The normalized spacial score (nSPS) is 9.15. The van der Waals surface area contributed by atoms with Crippen molar-refractivity contribution in [1.82, 2.24) is 0 Å². The van der Waals surface area contributed by atoms with E-state index in [0.717, 1.165) is 0 Å². The first kappa shape index (κ1) is 12.7. The van der Waals surface area contributed by atoms with Gasteiger partial charge in [-0.1, -0.05) is 0 Å². The maximum atomic E-state index is 12.8. The van der Waals surface area contributed by atoms with Crippen molar-refractivity contribution >= 4 is 28.3 Å². The van der Waals surface area contributed by atoms with Gasteiger partial charge in [-0.05, 0) is 28.1 Å². The zero-order chi connectivity index (χ0) is 8.97. The summed E-state index contributed by atoms with van der Waals surface area (Å²) in [7, 11) is 0. The van der Waals surface area contributed by atoms with E-state index < -0.39 is 0 Å². The van der Waals surface area contributed by atoms with Crippen LogP contribution in [0, 0.1) is 5.82 Å². The molecule has 0 amide bonds. The number of ether oxygens (including phenoxy) is 1. The standard InChI is InChI=1S/C8H9BrFNO.ClH/c9-7-2-1-6(5-8(7)10)12-4-3-11;/h1-2,5H,3-4,11H2;1H. The van der Waals surface area contributed by atoms with Gasteiger partial charge in [-0.15, -0.1) is 12.4 Å². The molecule has 5 heteroatoms. The van der Waals surface area contributed by atoms with Crippen molar-refractivity contribution in [2.45, 2.75) is 0 Å². The minimum atomic E-state index is -0.329. The van der Waals surface area contributed by atoms with E-state index in [-0.39, 0.29) is 18.2 Å². The largest absolute Gasteiger partial charge is 0.492 e. The summed E-state index contributed by atoms with van der Waals surface area (Å²) in [6.45, 7) is 0.832. The SMILES string of the molecule is Cl.NCCOc1ccc(Br)c(F)c1. The molecule has 0 saturated carbocycles. The quantitative estimate of drug-likeness (QED) is 0.915. The van der Waals surface area contributed by atoms with Crippen LogP contribution in [0.5, 0.6) is 5.75 Å². The van der Waals surface area contributed by atoms with Gasteiger partial charge in [0.2, 0.25) is 0 Å². The molecule has 0 spiro atoms. The summed E-state index contributed by atoms with van der Waals surface area (Å²) >= 11 is 3.04. The van der Waals surface area contributed by atoms with Gasteiger partial charge >= 0.3 is 0 Å². The lowest BCUT2D eigenvalue weighted by atomic mass is 10.3. The Labute approximate surface area is 90.8 Å². The van der Waals surface area contributed by atoms with Gasteiger partial charge in [0.1, 0.15) is 18.2 Å². The molecule has 1 aromatic carbocycles. The Kier molecular flexibility index (Phi) is 6.03. The third-order valence-corrected chi connectivity index (χ3v) is 1.92. The molecule has 0 fully saturated rings. The highest BCUT2D eigenvalue weighted by Gasteiger charge is 2.00. The summed E-state index contributed by atoms with van der Waals surface area (Å²) < 4.78 is 18.4. The highest BCUT2D eigenvalue weighted by atomic mass is 79.9. The van der Waals surface area contributed by atoms with Crippen LogP contribution in [-0.2, 0) is 0 Å². The van der Waals surface area contributed by atoms with Gasteiger partial charge in [0.15, 0.2) is 0 Å². The lowest BCUT2D eigenvalue weighted by molar-refractivity contribution is 0.326. The fraction of sp³-hybridized carbons (Fsp3) is 0.250. The topological polar surface area (TPSA) is 35.2 Å². The predicted octanol–water partition coefficient (Wildman–Crippen LogP) is 2.35. The van der Waals surface area contributed by atoms with E-state index in [1.165, 1.54) is 6.07 Å². The average molecular weight is 271 g/mol. The lowest BCUT2D eigenvalue weighted by Gasteiger charge is -2.04. The second-order valence-corrected chi connectivity index (χ2v) is 3.07. The monoisotopic (exact) mass is 269 g/mol. The van der Waals surface area contributed by atoms with Crippen LogP contribution in [0.3, 0.4) is 0 Å². The van der Waals surface area contributed by atoms with Crippen LogP contribution in [-0.4, -0.2) is 13.2 Å². The van der Waals surface area contributed by atoms with Gasteiger partial charge in [0.05, 0.1) is 4.47 Å². The Balaban J connectivity index is 0.00000144. The third-order valence-electron chi connectivity index (χ3n) is 1.28. The van der Waals surface area contributed by atoms with E-state index in [4.69, 9.17) is 10.5 Å². The van der Waals surface area contributed by atoms with Crippen molar-refractivity contribution in [2.24, 2.45) is 5.73 Å². The van der Waals surface area contributed by atoms with Gasteiger partial charge in [0.25, 0.3) is 0 Å². The van der Waals surface area contributed by atoms with Gasteiger partial charge < -0.3 is 10.5 Å².